The molecule has 2 aliphatic rings. The van der Waals surface area contributed by atoms with Crippen molar-refractivity contribution in [3.05, 3.63) is 0 Å². The molecule has 74 valence electrons. The van der Waals surface area contributed by atoms with Crippen LogP contribution >= 0.6 is 0 Å². The minimum absolute atomic E-state index is 0.101. The molecule has 2 atom stereocenters. The monoisotopic (exact) mass is 186 g/mol. The number of hydrogen-bond acceptors (Lipinski definition) is 0. The maximum absolute atomic E-state index is 5.99. The highest BCUT2D eigenvalue weighted by molar-refractivity contribution is 6.36. The van der Waals surface area contributed by atoms with Gasteiger partial charge in [-0.2, -0.15) is 0 Å². The Hall–Kier alpha value is 0.130. The Morgan fingerprint density at radius 1 is 1.21 bits per heavy atom. The number of hydrogen-bond donors (Lipinski definition) is 0. The molecule has 0 spiro atoms. The summed E-state index contributed by atoms with van der Waals surface area (Å²) in [6.07, 6.45) is 9.48. The fourth-order valence-electron chi connectivity index (χ4n) is 3.80. The van der Waals surface area contributed by atoms with Gasteiger partial charge in [0.25, 0.3) is 0 Å². The van der Waals surface area contributed by atoms with Gasteiger partial charge in [-0.05, 0) is 36.5 Å². The summed E-state index contributed by atoms with van der Waals surface area (Å²) >= 11 is 0. The van der Waals surface area contributed by atoms with Crippen molar-refractivity contribution in [1.29, 1.82) is 0 Å². The van der Waals surface area contributed by atoms with E-state index in [0.717, 1.165) is 18.3 Å². The SMILES string of the molecule is [B]C([B])C1(CC)CC2CCCC(C2)C1. The van der Waals surface area contributed by atoms with Crippen molar-refractivity contribution in [3.8, 4) is 0 Å². The van der Waals surface area contributed by atoms with Crippen molar-refractivity contribution in [1.82, 2.24) is 0 Å². The molecule has 2 saturated carbocycles. The van der Waals surface area contributed by atoms with E-state index in [1.54, 1.807) is 0 Å². The third kappa shape index (κ3) is 1.77. The van der Waals surface area contributed by atoms with E-state index in [0.29, 0.717) is 0 Å². The van der Waals surface area contributed by atoms with Crippen LogP contribution in [0.1, 0.15) is 51.9 Å². The normalized spacial score (nSPS) is 42.7. The molecule has 2 aliphatic carbocycles. The van der Waals surface area contributed by atoms with Gasteiger partial charge in [0.1, 0.15) is 0 Å². The Bertz CT molecular complexity index is 188. The molecule has 0 nitrogen and oxygen atoms in total. The molecule has 2 rings (SSSR count). The smallest absolute Gasteiger partial charge is 0.0582 e. The van der Waals surface area contributed by atoms with Gasteiger partial charge in [-0.15, -0.1) is 5.72 Å². The van der Waals surface area contributed by atoms with E-state index in [2.05, 4.69) is 6.92 Å². The third-order valence-corrected chi connectivity index (χ3v) is 4.69. The topological polar surface area (TPSA) is 0 Å². The van der Waals surface area contributed by atoms with Gasteiger partial charge in [-0.25, -0.2) is 0 Å². The largest absolute Gasteiger partial charge is 0.104 e. The lowest BCUT2D eigenvalue weighted by Crippen LogP contribution is -2.38. The third-order valence-electron chi connectivity index (χ3n) is 4.69. The average Bonchev–Trinajstić information content (AvgIpc) is 2.16. The summed E-state index contributed by atoms with van der Waals surface area (Å²) < 4.78 is 0. The van der Waals surface area contributed by atoms with Crippen LogP contribution in [0.15, 0.2) is 0 Å². The lowest BCUT2D eigenvalue weighted by atomic mass is 9.46. The van der Waals surface area contributed by atoms with Crippen LogP contribution in [0.4, 0.5) is 0 Å². The maximum Gasteiger partial charge on any atom is 0.0582 e. The molecule has 2 bridgehead atoms. The van der Waals surface area contributed by atoms with E-state index in [1.807, 2.05) is 0 Å². The Morgan fingerprint density at radius 2 is 1.79 bits per heavy atom. The highest BCUT2D eigenvalue weighted by Gasteiger charge is 2.41. The van der Waals surface area contributed by atoms with Crippen LogP contribution < -0.4 is 0 Å². The van der Waals surface area contributed by atoms with Gasteiger partial charge >= 0.3 is 0 Å². The van der Waals surface area contributed by atoms with Crippen molar-refractivity contribution < 1.29 is 0 Å². The molecule has 0 saturated heterocycles. The molecule has 4 radical (unpaired) electrons. The summed E-state index contributed by atoms with van der Waals surface area (Å²) in [5.41, 5.74) is 0.171. The van der Waals surface area contributed by atoms with E-state index >= 15 is 0 Å². The highest BCUT2D eigenvalue weighted by atomic mass is 14.5. The predicted octanol–water partition coefficient (Wildman–Crippen LogP) is 3.07. The minimum atomic E-state index is -0.101. The predicted molar refractivity (Wildman–Crippen MR) is 62.7 cm³/mol. The summed E-state index contributed by atoms with van der Waals surface area (Å²) in [7, 11) is 12.0. The van der Waals surface area contributed by atoms with Gasteiger partial charge < -0.3 is 0 Å². The van der Waals surface area contributed by atoms with E-state index in [1.165, 1.54) is 38.5 Å². The summed E-state index contributed by atoms with van der Waals surface area (Å²) in [4.78, 5) is 0. The molecule has 2 fully saturated rings. The van der Waals surface area contributed by atoms with Crippen molar-refractivity contribution >= 4 is 15.7 Å². The van der Waals surface area contributed by atoms with Crippen molar-refractivity contribution in [2.75, 3.05) is 0 Å². The van der Waals surface area contributed by atoms with Crippen LogP contribution in [0, 0.1) is 17.3 Å². The molecule has 2 unspecified atom stereocenters. The zero-order valence-corrected chi connectivity index (χ0v) is 9.34. The molecule has 14 heavy (non-hydrogen) atoms. The second kappa shape index (κ2) is 3.94. The lowest BCUT2D eigenvalue weighted by molar-refractivity contribution is 0.0597. The Labute approximate surface area is 91.0 Å². The first kappa shape index (κ1) is 10.6. The van der Waals surface area contributed by atoms with Gasteiger partial charge in [0.2, 0.25) is 0 Å². The standard InChI is InChI=1S/C12H20B2/c1-2-12(11(13)14)7-9-4-3-5-10(6-9)8-12/h9-11H,2-8H2,1H3. The van der Waals surface area contributed by atoms with Crippen LogP contribution in [0.3, 0.4) is 0 Å². The summed E-state index contributed by atoms with van der Waals surface area (Å²) in [6.45, 7) is 2.26. The molecular formula is C12H20B2. The molecular weight excluding hydrogens is 166 g/mol. The van der Waals surface area contributed by atoms with Crippen LogP contribution in [-0.4, -0.2) is 15.7 Å². The molecule has 0 heterocycles. The fraction of sp³-hybridized carbons (Fsp3) is 1.00. The van der Waals surface area contributed by atoms with Crippen LogP contribution in [0.25, 0.3) is 0 Å². The van der Waals surface area contributed by atoms with E-state index in [9.17, 15) is 0 Å². The Balaban J connectivity index is 2.12. The van der Waals surface area contributed by atoms with Crippen molar-refractivity contribution in [3.63, 3.8) is 0 Å². The highest BCUT2D eigenvalue weighted by Crippen LogP contribution is 2.54. The summed E-state index contributed by atoms with van der Waals surface area (Å²) in [5.74, 6) is 1.86. The lowest BCUT2D eigenvalue weighted by Gasteiger charge is -2.50. The minimum Gasteiger partial charge on any atom is -0.104 e. The molecule has 0 aromatic heterocycles. The van der Waals surface area contributed by atoms with Crippen molar-refractivity contribution in [2.45, 2.75) is 57.6 Å². The molecule has 2 heteroatoms. The van der Waals surface area contributed by atoms with E-state index in [4.69, 9.17) is 15.7 Å². The summed E-state index contributed by atoms with van der Waals surface area (Å²) in [5, 5.41) is 0. The van der Waals surface area contributed by atoms with E-state index in [-0.39, 0.29) is 11.1 Å². The number of rotatable bonds is 2. The molecule has 0 N–H and O–H groups in total. The first-order chi connectivity index (χ1) is 6.66. The second-order valence-electron chi connectivity index (χ2n) is 5.55. The zero-order valence-electron chi connectivity index (χ0n) is 9.34. The number of fused-ring (bicyclic) bond motifs is 2. The van der Waals surface area contributed by atoms with Crippen LogP contribution in [-0.2, 0) is 0 Å². The zero-order chi connectivity index (χ0) is 10.2. The fourth-order valence-corrected chi connectivity index (χ4v) is 3.80. The van der Waals surface area contributed by atoms with Crippen LogP contribution in [0.5, 0.6) is 0 Å². The molecule has 0 aliphatic heterocycles. The van der Waals surface area contributed by atoms with E-state index < -0.39 is 0 Å². The molecule has 0 amide bonds. The Kier molecular flexibility index (Phi) is 3.00. The quantitative estimate of drug-likeness (QED) is 0.581. The first-order valence-corrected chi connectivity index (χ1v) is 6.17. The summed E-state index contributed by atoms with van der Waals surface area (Å²) in [6, 6.07) is 0. The molecule has 0 aromatic rings. The first-order valence-electron chi connectivity index (χ1n) is 6.17. The maximum atomic E-state index is 5.99. The van der Waals surface area contributed by atoms with Gasteiger partial charge in [-0.1, -0.05) is 32.6 Å². The van der Waals surface area contributed by atoms with Crippen molar-refractivity contribution in [2.24, 2.45) is 17.3 Å². The van der Waals surface area contributed by atoms with Gasteiger partial charge in [0.15, 0.2) is 0 Å². The Morgan fingerprint density at radius 3 is 2.21 bits per heavy atom. The molecule has 0 aromatic carbocycles. The van der Waals surface area contributed by atoms with Gasteiger partial charge in [0, 0.05) is 0 Å². The average molecular weight is 186 g/mol. The second-order valence-corrected chi connectivity index (χ2v) is 5.55. The van der Waals surface area contributed by atoms with Crippen LogP contribution in [0.2, 0.25) is 5.72 Å². The van der Waals surface area contributed by atoms with Gasteiger partial charge in [-0.3, -0.25) is 0 Å². The van der Waals surface area contributed by atoms with Gasteiger partial charge in [0.05, 0.1) is 15.7 Å².